The van der Waals surface area contributed by atoms with Crippen LogP contribution in [0.4, 0.5) is 0 Å². The Bertz CT molecular complexity index is 298. The Balaban J connectivity index is 3.73. The van der Waals surface area contributed by atoms with Gasteiger partial charge in [-0.1, -0.05) is 13.3 Å². The summed E-state index contributed by atoms with van der Waals surface area (Å²) >= 11 is 0. The Kier molecular flexibility index (Phi) is 8.36. The first-order valence-corrected chi connectivity index (χ1v) is 5.29. The topological polar surface area (TPSA) is 81.7 Å². The predicted octanol–water partition coefficient (Wildman–Crippen LogP) is 0.175. The summed E-state index contributed by atoms with van der Waals surface area (Å²) in [5.74, 6) is -1.78. The molecule has 0 unspecified atom stereocenters. The van der Waals surface area contributed by atoms with Gasteiger partial charge in [0.1, 0.15) is 0 Å². The lowest BCUT2D eigenvalue weighted by Gasteiger charge is -2.03. The summed E-state index contributed by atoms with van der Waals surface area (Å²) in [5.41, 5.74) is 0. The number of carbonyl (C=O) groups is 3. The van der Waals surface area contributed by atoms with Gasteiger partial charge in [0.05, 0.1) is 7.11 Å². The van der Waals surface area contributed by atoms with E-state index in [0.29, 0.717) is 6.54 Å². The van der Waals surface area contributed by atoms with Crippen LogP contribution in [0.25, 0.3) is 0 Å². The molecule has 6 nitrogen and oxygen atoms in total. The van der Waals surface area contributed by atoms with E-state index in [0.717, 1.165) is 25.0 Å². The van der Waals surface area contributed by atoms with Crippen molar-refractivity contribution in [3.8, 4) is 0 Å². The Morgan fingerprint density at radius 1 is 1.18 bits per heavy atom. The molecule has 0 aliphatic heterocycles. The number of rotatable bonds is 7. The van der Waals surface area contributed by atoms with Crippen LogP contribution in [0.3, 0.4) is 0 Å². The summed E-state index contributed by atoms with van der Waals surface area (Å²) in [5, 5.41) is 2.58. The number of hydrogen-bond donors (Lipinski definition) is 1. The third-order valence-electron chi connectivity index (χ3n) is 1.75. The fourth-order valence-electron chi connectivity index (χ4n) is 0.845. The number of hydrogen-bond acceptors (Lipinski definition) is 5. The van der Waals surface area contributed by atoms with E-state index in [4.69, 9.17) is 0 Å². The van der Waals surface area contributed by atoms with Crippen molar-refractivity contribution in [3.05, 3.63) is 12.2 Å². The van der Waals surface area contributed by atoms with Crippen LogP contribution in [-0.2, 0) is 23.9 Å². The van der Waals surface area contributed by atoms with E-state index < -0.39 is 11.9 Å². The highest BCUT2D eigenvalue weighted by atomic mass is 16.5. The fraction of sp³-hybridized carbons (Fsp3) is 0.545. The van der Waals surface area contributed by atoms with Gasteiger partial charge in [0.2, 0.25) is 0 Å². The molecule has 1 amide bonds. The number of unbranched alkanes of at least 4 members (excludes halogenated alkanes) is 1. The summed E-state index contributed by atoms with van der Waals surface area (Å²) < 4.78 is 8.86. The number of methoxy groups -OCH3 is 1. The number of nitrogens with one attached hydrogen (secondary N) is 1. The molecule has 0 saturated heterocycles. The van der Waals surface area contributed by atoms with Crippen LogP contribution in [0.5, 0.6) is 0 Å². The lowest BCUT2D eigenvalue weighted by atomic mass is 10.3. The average molecular weight is 243 g/mol. The van der Waals surface area contributed by atoms with E-state index in [1.165, 1.54) is 7.11 Å². The molecule has 0 fully saturated rings. The lowest BCUT2D eigenvalue weighted by molar-refractivity contribution is -0.144. The van der Waals surface area contributed by atoms with Gasteiger partial charge in [-0.3, -0.25) is 4.79 Å². The van der Waals surface area contributed by atoms with Gasteiger partial charge >= 0.3 is 11.9 Å². The van der Waals surface area contributed by atoms with Crippen molar-refractivity contribution >= 4 is 17.8 Å². The first kappa shape index (κ1) is 15.2. The van der Waals surface area contributed by atoms with Gasteiger partial charge in [0.25, 0.3) is 5.91 Å². The van der Waals surface area contributed by atoms with Crippen LogP contribution in [0, 0.1) is 0 Å². The molecule has 0 heterocycles. The molecule has 0 bridgehead atoms. The smallest absolute Gasteiger partial charge is 0.331 e. The van der Waals surface area contributed by atoms with Gasteiger partial charge in [-0.25, -0.2) is 9.59 Å². The molecule has 0 aromatic heterocycles. The number of esters is 2. The number of amides is 1. The fourth-order valence-corrected chi connectivity index (χ4v) is 0.845. The van der Waals surface area contributed by atoms with Crippen molar-refractivity contribution in [1.82, 2.24) is 5.32 Å². The van der Waals surface area contributed by atoms with Gasteiger partial charge < -0.3 is 14.8 Å². The second-order valence-corrected chi connectivity index (χ2v) is 3.17. The minimum absolute atomic E-state index is 0.353. The van der Waals surface area contributed by atoms with Crippen LogP contribution in [0.1, 0.15) is 19.8 Å². The van der Waals surface area contributed by atoms with Crippen molar-refractivity contribution in [2.45, 2.75) is 19.8 Å². The Morgan fingerprint density at radius 2 is 1.82 bits per heavy atom. The van der Waals surface area contributed by atoms with Crippen molar-refractivity contribution in [2.24, 2.45) is 0 Å². The molecule has 0 aromatic carbocycles. The van der Waals surface area contributed by atoms with Gasteiger partial charge in [-0.15, -0.1) is 0 Å². The predicted molar refractivity (Wildman–Crippen MR) is 60.0 cm³/mol. The molecule has 0 atom stereocenters. The molecule has 0 rings (SSSR count). The molecule has 0 aromatic rings. The van der Waals surface area contributed by atoms with E-state index in [1.54, 1.807) is 0 Å². The normalized spacial score (nSPS) is 10.0. The maximum absolute atomic E-state index is 11.1. The zero-order chi connectivity index (χ0) is 13.1. The van der Waals surface area contributed by atoms with E-state index >= 15 is 0 Å². The molecule has 6 heteroatoms. The van der Waals surface area contributed by atoms with Crippen molar-refractivity contribution in [2.75, 3.05) is 20.3 Å². The molecular weight excluding hydrogens is 226 g/mol. The van der Waals surface area contributed by atoms with E-state index in [2.05, 4.69) is 14.8 Å². The SMILES string of the molecule is CCCCNC(=O)COC(=O)/C=C/C(=O)OC. The molecular formula is C11H17NO5. The van der Waals surface area contributed by atoms with Crippen molar-refractivity contribution < 1.29 is 23.9 Å². The van der Waals surface area contributed by atoms with Gasteiger partial charge in [-0.2, -0.15) is 0 Å². The van der Waals surface area contributed by atoms with Crippen LogP contribution < -0.4 is 5.32 Å². The molecule has 0 aliphatic rings. The lowest BCUT2D eigenvalue weighted by Crippen LogP contribution is -2.29. The monoisotopic (exact) mass is 243 g/mol. The Labute approximate surface area is 100.0 Å². The zero-order valence-corrected chi connectivity index (χ0v) is 10.0. The summed E-state index contributed by atoms with van der Waals surface area (Å²) in [6.45, 7) is 2.21. The van der Waals surface area contributed by atoms with E-state index in [-0.39, 0.29) is 12.5 Å². The van der Waals surface area contributed by atoms with E-state index in [9.17, 15) is 14.4 Å². The Morgan fingerprint density at radius 3 is 2.41 bits per heavy atom. The zero-order valence-electron chi connectivity index (χ0n) is 10.0. The molecule has 17 heavy (non-hydrogen) atoms. The van der Waals surface area contributed by atoms with Crippen LogP contribution >= 0.6 is 0 Å². The van der Waals surface area contributed by atoms with E-state index in [1.807, 2.05) is 6.92 Å². The summed E-state index contributed by atoms with van der Waals surface area (Å²) in [7, 11) is 1.19. The van der Waals surface area contributed by atoms with Crippen molar-refractivity contribution in [1.29, 1.82) is 0 Å². The van der Waals surface area contributed by atoms with Gasteiger partial charge in [0.15, 0.2) is 6.61 Å². The van der Waals surface area contributed by atoms with Crippen LogP contribution in [0.15, 0.2) is 12.2 Å². The Hall–Kier alpha value is -1.85. The molecule has 0 saturated carbocycles. The first-order chi connectivity index (χ1) is 8.10. The first-order valence-electron chi connectivity index (χ1n) is 5.29. The highest BCUT2D eigenvalue weighted by molar-refractivity contribution is 5.92. The molecule has 0 spiro atoms. The third kappa shape index (κ3) is 9.10. The van der Waals surface area contributed by atoms with Crippen LogP contribution in [0.2, 0.25) is 0 Å². The maximum Gasteiger partial charge on any atom is 0.331 e. The van der Waals surface area contributed by atoms with Crippen molar-refractivity contribution in [3.63, 3.8) is 0 Å². The largest absolute Gasteiger partial charge is 0.466 e. The summed E-state index contributed by atoms with van der Waals surface area (Å²) in [4.78, 5) is 32.7. The highest BCUT2D eigenvalue weighted by Gasteiger charge is 2.04. The standard InChI is InChI=1S/C11H17NO5/c1-3-4-7-12-9(13)8-17-11(15)6-5-10(14)16-2/h5-6H,3-4,7-8H2,1-2H3,(H,12,13)/b6-5+. The highest BCUT2D eigenvalue weighted by Crippen LogP contribution is 1.86. The minimum atomic E-state index is -0.763. The summed E-state index contributed by atoms with van der Waals surface area (Å²) in [6, 6.07) is 0. The molecule has 0 aliphatic carbocycles. The quantitative estimate of drug-likeness (QED) is 0.392. The molecule has 0 radical (unpaired) electrons. The maximum atomic E-state index is 11.1. The minimum Gasteiger partial charge on any atom is -0.466 e. The average Bonchev–Trinajstić information content (AvgIpc) is 2.33. The van der Waals surface area contributed by atoms with Gasteiger partial charge in [0, 0.05) is 18.7 Å². The third-order valence-corrected chi connectivity index (χ3v) is 1.75. The molecule has 96 valence electrons. The van der Waals surface area contributed by atoms with Crippen LogP contribution in [-0.4, -0.2) is 38.1 Å². The van der Waals surface area contributed by atoms with Gasteiger partial charge in [-0.05, 0) is 6.42 Å². The molecule has 1 N–H and O–H groups in total. The number of carbonyl (C=O) groups excluding carboxylic acids is 3. The number of ether oxygens (including phenoxy) is 2. The second kappa shape index (κ2) is 9.38. The second-order valence-electron chi connectivity index (χ2n) is 3.17. The summed E-state index contributed by atoms with van der Waals surface area (Å²) in [6.07, 6.45) is 3.69.